The Kier molecular flexibility index (Phi) is 9.64. The summed E-state index contributed by atoms with van der Waals surface area (Å²) in [5.74, 6) is -0.128. The van der Waals surface area contributed by atoms with E-state index in [0.717, 1.165) is 18.2 Å². The van der Waals surface area contributed by atoms with Gasteiger partial charge in [-0.25, -0.2) is 13.2 Å². The summed E-state index contributed by atoms with van der Waals surface area (Å²) in [5, 5.41) is 2.69. The summed E-state index contributed by atoms with van der Waals surface area (Å²) in [5.41, 5.74) is 1.02. The first-order valence-electron chi connectivity index (χ1n) is 10.2. The molecule has 34 heavy (non-hydrogen) atoms. The number of halogens is 5. The molecule has 3 rings (SSSR count). The van der Waals surface area contributed by atoms with E-state index in [1.54, 1.807) is 23.1 Å². The van der Waals surface area contributed by atoms with Crippen molar-refractivity contribution in [3.05, 3.63) is 59.1 Å². The van der Waals surface area contributed by atoms with Crippen molar-refractivity contribution in [2.24, 2.45) is 0 Å². The molecule has 188 valence electrons. The van der Waals surface area contributed by atoms with Gasteiger partial charge >= 0.3 is 12.3 Å². The third-order valence-electron chi connectivity index (χ3n) is 5.39. The van der Waals surface area contributed by atoms with Gasteiger partial charge in [-0.2, -0.15) is 13.2 Å². The van der Waals surface area contributed by atoms with Crippen LogP contribution in [0.25, 0.3) is 0 Å². The van der Waals surface area contributed by atoms with Gasteiger partial charge in [0.1, 0.15) is 0 Å². The molecule has 1 aliphatic rings. The fraction of sp³-hybridized carbons (Fsp3) is 0.409. The quantitative estimate of drug-likeness (QED) is 0.521. The van der Waals surface area contributed by atoms with Crippen molar-refractivity contribution in [3.63, 3.8) is 0 Å². The predicted octanol–water partition coefficient (Wildman–Crippen LogP) is 5.52. The Balaban J connectivity index is 0.00000408. The first-order chi connectivity index (χ1) is 15.4. The molecule has 0 aromatic heterocycles. The number of nitrogens with one attached hydrogen (secondary N) is 1. The van der Waals surface area contributed by atoms with Crippen molar-refractivity contribution >= 4 is 45.6 Å². The minimum absolute atomic E-state index is 0. The van der Waals surface area contributed by atoms with Crippen molar-refractivity contribution in [2.75, 3.05) is 31.2 Å². The lowest BCUT2D eigenvalue weighted by Gasteiger charge is -2.35. The third kappa shape index (κ3) is 8.04. The summed E-state index contributed by atoms with van der Waals surface area (Å²) < 4.78 is 69.3. The number of hydrogen-bond acceptors (Lipinski definition) is 5. The molecule has 2 aromatic carbocycles. The normalized spacial score (nSPS) is 18.0. The first kappa shape index (κ1) is 28.2. The summed E-state index contributed by atoms with van der Waals surface area (Å²) in [4.78, 5) is 13.8. The second-order valence-corrected chi connectivity index (χ2v) is 10.5. The number of amides is 1. The van der Waals surface area contributed by atoms with Gasteiger partial charge in [-0.1, -0.05) is 23.7 Å². The standard InChI is InChI=1S/C22H24ClF3N2O4S.ClH/c1-33(30,31)19-6-2-4-15(12-19)16-5-3-11-28(13-16)14-20(22(24,25)26)32-21(29)27-18-9-7-17(23)8-10-18;/h2,4,6-10,12,16,20H,3,5,11,13-14H2,1H3,(H,27,29);1H/t16-,20?;/m1./s1. The second-order valence-electron chi connectivity index (χ2n) is 8.01. The SMILES string of the molecule is CS(=O)(=O)c1cccc([C@@H]2CCCN(CC(OC(=O)Nc3ccc(Cl)cc3)C(F)(F)F)C2)c1.Cl. The second kappa shape index (κ2) is 11.6. The van der Waals surface area contributed by atoms with E-state index in [4.69, 9.17) is 16.3 Å². The molecule has 1 saturated heterocycles. The van der Waals surface area contributed by atoms with Crippen LogP contribution in [-0.2, 0) is 14.6 Å². The predicted molar refractivity (Wildman–Crippen MR) is 127 cm³/mol. The molecule has 2 atom stereocenters. The van der Waals surface area contributed by atoms with Gasteiger partial charge in [0.05, 0.1) is 4.90 Å². The van der Waals surface area contributed by atoms with E-state index < -0.39 is 34.8 Å². The van der Waals surface area contributed by atoms with Crippen molar-refractivity contribution in [3.8, 4) is 0 Å². The molecule has 1 unspecified atom stereocenters. The highest BCUT2D eigenvalue weighted by Crippen LogP contribution is 2.31. The third-order valence-corrected chi connectivity index (χ3v) is 6.75. The van der Waals surface area contributed by atoms with Crippen LogP contribution in [0.15, 0.2) is 53.4 Å². The minimum atomic E-state index is -4.75. The monoisotopic (exact) mass is 540 g/mol. The van der Waals surface area contributed by atoms with Crippen LogP contribution in [0.5, 0.6) is 0 Å². The molecule has 1 amide bonds. The molecule has 0 radical (unpaired) electrons. The van der Waals surface area contributed by atoms with Gasteiger partial charge < -0.3 is 4.74 Å². The Labute approximate surface area is 207 Å². The van der Waals surface area contributed by atoms with Crippen LogP contribution >= 0.6 is 24.0 Å². The summed E-state index contributed by atoms with van der Waals surface area (Å²) in [6.07, 6.45) is -5.81. The van der Waals surface area contributed by atoms with Gasteiger partial charge in [0, 0.05) is 30.1 Å². The number of benzene rings is 2. The smallest absolute Gasteiger partial charge is 0.426 e. The van der Waals surface area contributed by atoms with E-state index in [2.05, 4.69) is 5.32 Å². The molecule has 1 N–H and O–H groups in total. The van der Waals surface area contributed by atoms with Crippen LogP contribution in [0, 0.1) is 0 Å². The van der Waals surface area contributed by atoms with Gasteiger partial charge in [0.2, 0.25) is 6.10 Å². The maximum absolute atomic E-state index is 13.6. The number of likely N-dealkylation sites (tertiary alicyclic amines) is 1. The topological polar surface area (TPSA) is 75.7 Å². The molecule has 1 aliphatic heterocycles. The Hall–Kier alpha value is -2.01. The summed E-state index contributed by atoms with van der Waals surface area (Å²) in [6, 6.07) is 12.4. The zero-order chi connectivity index (χ0) is 24.2. The molecule has 0 aliphatic carbocycles. The van der Waals surface area contributed by atoms with Crippen LogP contribution in [0.2, 0.25) is 5.02 Å². The summed E-state index contributed by atoms with van der Waals surface area (Å²) in [6.45, 7) is 0.193. The zero-order valence-corrected chi connectivity index (χ0v) is 20.6. The highest BCUT2D eigenvalue weighted by Gasteiger charge is 2.44. The van der Waals surface area contributed by atoms with E-state index in [1.807, 2.05) is 0 Å². The van der Waals surface area contributed by atoms with Gasteiger partial charge in [-0.05, 0) is 67.3 Å². The first-order valence-corrected chi connectivity index (χ1v) is 12.5. The number of rotatable bonds is 6. The lowest BCUT2D eigenvalue weighted by Crippen LogP contribution is -2.47. The Bertz CT molecular complexity index is 1080. The molecule has 0 bridgehead atoms. The van der Waals surface area contributed by atoms with Gasteiger partial charge in [-0.15, -0.1) is 12.4 Å². The van der Waals surface area contributed by atoms with Crippen LogP contribution in [-0.4, -0.2) is 57.6 Å². The molecular formula is C22H25Cl2F3N2O4S. The van der Waals surface area contributed by atoms with E-state index in [9.17, 15) is 26.4 Å². The lowest BCUT2D eigenvalue weighted by molar-refractivity contribution is -0.207. The summed E-state index contributed by atoms with van der Waals surface area (Å²) >= 11 is 5.76. The maximum atomic E-state index is 13.6. The number of hydrogen-bond donors (Lipinski definition) is 1. The lowest BCUT2D eigenvalue weighted by atomic mass is 9.90. The molecule has 6 nitrogen and oxygen atoms in total. The maximum Gasteiger partial charge on any atom is 0.426 e. The van der Waals surface area contributed by atoms with Gasteiger partial charge in [0.25, 0.3) is 0 Å². The van der Waals surface area contributed by atoms with Crippen molar-refractivity contribution in [2.45, 2.75) is 35.9 Å². The fourth-order valence-electron chi connectivity index (χ4n) is 3.74. The molecule has 1 heterocycles. The number of nitrogens with zero attached hydrogens (tertiary/aromatic N) is 1. The number of carbonyl (C=O) groups excluding carboxylic acids is 1. The van der Waals surface area contributed by atoms with Crippen LogP contribution < -0.4 is 5.32 Å². The summed E-state index contributed by atoms with van der Waals surface area (Å²) in [7, 11) is -3.39. The van der Waals surface area contributed by atoms with Crippen molar-refractivity contribution in [1.82, 2.24) is 4.90 Å². The van der Waals surface area contributed by atoms with Crippen LogP contribution in [0.1, 0.15) is 24.3 Å². The Morgan fingerprint density at radius 1 is 1.24 bits per heavy atom. The molecular weight excluding hydrogens is 516 g/mol. The number of sulfone groups is 1. The van der Waals surface area contributed by atoms with Gasteiger partial charge in [0.15, 0.2) is 9.84 Å². The number of piperidine rings is 1. The average molecular weight is 541 g/mol. The zero-order valence-electron chi connectivity index (χ0n) is 18.2. The fourth-order valence-corrected chi connectivity index (χ4v) is 4.55. The van der Waals surface area contributed by atoms with Crippen molar-refractivity contribution in [1.29, 1.82) is 0 Å². The molecule has 0 saturated carbocycles. The number of carbonyl (C=O) groups is 1. The highest BCUT2D eigenvalue weighted by molar-refractivity contribution is 7.90. The molecule has 1 fully saturated rings. The van der Waals surface area contributed by atoms with Crippen LogP contribution in [0.4, 0.5) is 23.7 Å². The number of anilines is 1. The van der Waals surface area contributed by atoms with Crippen LogP contribution in [0.3, 0.4) is 0 Å². The van der Waals surface area contributed by atoms with E-state index in [0.29, 0.717) is 24.5 Å². The number of alkyl halides is 3. The van der Waals surface area contributed by atoms with E-state index in [-0.39, 0.29) is 28.9 Å². The molecule has 12 heteroatoms. The van der Waals surface area contributed by atoms with Gasteiger partial charge in [-0.3, -0.25) is 10.2 Å². The minimum Gasteiger partial charge on any atom is -0.435 e. The Morgan fingerprint density at radius 2 is 1.91 bits per heavy atom. The van der Waals surface area contributed by atoms with E-state index in [1.165, 1.54) is 30.3 Å². The Morgan fingerprint density at radius 3 is 2.53 bits per heavy atom. The number of ether oxygens (including phenoxy) is 1. The molecule has 2 aromatic rings. The largest absolute Gasteiger partial charge is 0.435 e. The molecule has 0 spiro atoms. The highest BCUT2D eigenvalue weighted by atomic mass is 35.5. The van der Waals surface area contributed by atoms with E-state index >= 15 is 0 Å². The average Bonchev–Trinajstić information content (AvgIpc) is 2.74. The van der Waals surface area contributed by atoms with Crippen molar-refractivity contribution < 1.29 is 31.1 Å².